The van der Waals surface area contributed by atoms with Crippen molar-refractivity contribution in [3.63, 3.8) is 0 Å². The molecule has 0 atom stereocenters. The lowest BCUT2D eigenvalue weighted by Crippen LogP contribution is -2.32. The Labute approximate surface area is 134 Å². The molecule has 1 amide bonds. The monoisotopic (exact) mass is 342 g/mol. The van der Waals surface area contributed by atoms with Crippen molar-refractivity contribution in [1.29, 1.82) is 0 Å². The van der Waals surface area contributed by atoms with Crippen molar-refractivity contribution >= 4 is 21.9 Å². The third-order valence-electron chi connectivity index (χ3n) is 3.32. The number of rotatable bonds is 7. The molecule has 0 aromatic heterocycles. The van der Waals surface area contributed by atoms with E-state index in [-0.39, 0.29) is 22.3 Å². The molecule has 2 N–H and O–H groups in total. The highest BCUT2D eigenvalue weighted by atomic mass is 32.2. The van der Waals surface area contributed by atoms with Crippen molar-refractivity contribution in [3.8, 4) is 5.75 Å². The molecule has 126 valence electrons. The van der Waals surface area contributed by atoms with Gasteiger partial charge in [-0.1, -0.05) is 0 Å². The van der Waals surface area contributed by atoms with Crippen molar-refractivity contribution < 1.29 is 27.9 Å². The zero-order valence-electron chi connectivity index (χ0n) is 12.8. The van der Waals surface area contributed by atoms with Gasteiger partial charge < -0.3 is 14.7 Å². The van der Waals surface area contributed by atoms with Crippen molar-refractivity contribution in [2.45, 2.75) is 23.8 Å². The predicted octanol–water partition coefficient (Wildman–Crippen LogP) is 0.292. The molecule has 23 heavy (non-hydrogen) atoms. The molecule has 0 saturated heterocycles. The van der Waals surface area contributed by atoms with Gasteiger partial charge in [-0.3, -0.25) is 9.59 Å². The summed E-state index contributed by atoms with van der Waals surface area (Å²) in [6.45, 7) is -0.479. The van der Waals surface area contributed by atoms with Crippen LogP contribution in [-0.2, 0) is 14.8 Å². The van der Waals surface area contributed by atoms with E-state index in [0.29, 0.717) is 0 Å². The summed E-state index contributed by atoms with van der Waals surface area (Å²) >= 11 is 0. The Morgan fingerprint density at radius 2 is 2.04 bits per heavy atom. The molecule has 8 nitrogen and oxygen atoms in total. The quantitative estimate of drug-likeness (QED) is 0.736. The van der Waals surface area contributed by atoms with Crippen LogP contribution in [0.15, 0.2) is 23.1 Å². The molecule has 1 aliphatic carbocycles. The van der Waals surface area contributed by atoms with Gasteiger partial charge in [0.05, 0.1) is 7.11 Å². The average molecular weight is 342 g/mol. The van der Waals surface area contributed by atoms with Gasteiger partial charge in [0.25, 0.3) is 5.91 Å². The van der Waals surface area contributed by atoms with Gasteiger partial charge in [-0.05, 0) is 31.0 Å². The molecule has 0 heterocycles. The van der Waals surface area contributed by atoms with Crippen LogP contribution in [0.4, 0.5) is 0 Å². The number of methoxy groups -OCH3 is 1. The van der Waals surface area contributed by atoms with Crippen LogP contribution in [-0.4, -0.2) is 57.0 Å². The highest BCUT2D eigenvalue weighted by Gasteiger charge is 2.30. The van der Waals surface area contributed by atoms with E-state index < -0.39 is 28.4 Å². The summed E-state index contributed by atoms with van der Waals surface area (Å²) in [7, 11) is -1.14. The molecule has 1 aromatic carbocycles. The predicted molar refractivity (Wildman–Crippen MR) is 80.9 cm³/mol. The van der Waals surface area contributed by atoms with Crippen molar-refractivity contribution in [2.24, 2.45) is 0 Å². The van der Waals surface area contributed by atoms with Gasteiger partial charge >= 0.3 is 5.97 Å². The normalized spacial score (nSPS) is 14.3. The minimum Gasteiger partial charge on any atom is -0.495 e. The van der Waals surface area contributed by atoms with Gasteiger partial charge in [-0.2, -0.15) is 0 Å². The summed E-state index contributed by atoms with van der Waals surface area (Å²) in [5.41, 5.74) is 0.0747. The number of carboxylic acids is 1. The number of carbonyl (C=O) groups is 2. The van der Waals surface area contributed by atoms with Crippen molar-refractivity contribution in [1.82, 2.24) is 9.62 Å². The second kappa shape index (κ2) is 6.55. The Kier molecular flexibility index (Phi) is 4.90. The van der Waals surface area contributed by atoms with Gasteiger partial charge in [0.2, 0.25) is 10.0 Å². The Morgan fingerprint density at radius 3 is 2.57 bits per heavy atom. The van der Waals surface area contributed by atoms with Crippen LogP contribution in [0.1, 0.15) is 23.2 Å². The van der Waals surface area contributed by atoms with Gasteiger partial charge in [-0.25, -0.2) is 13.1 Å². The lowest BCUT2D eigenvalue weighted by molar-refractivity contribution is -0.137. The maximum absolute atomic E-state index is 12.4. The molecule has 0 unspecified atom stereocenters. The van der Waals surface area contributed by atoms with Crippen LogP contribution in [0.3, 0.4) is 0 Å². The first kappa shape index (κ1) is 17.2. The molecule has 0 spiro atoms. The topological polar surface area (TPSA) is 113 Å². The van der Waals surface area contributed by atoms with Crippen LogP contribution < -0.4 is 9.46 Å². The van der Waals surface area contributed by atoms with Gasteiger partial charge in [0.15, 0.2) is 0 Å². The summed E-state index contributed by atoms with van der Waals surface area (Å²) in [4.78, 5) is 23.7. The maximum Gasteiger partial charge on any atom is 0.323 e. The van der Waals surface area contributed by atoms with Gasteiger partial charge in [-0.15, -0.1) is 0 Å². The molecule has 0 aliphatic heterocycles. The van der Waals surface area contributed by atoms with Crippen LogP contribution in [0, 0.1) is 0 Å². The number of amides is 1. The van der Waals surface area contributed by atoms with Crippen molar-refractivity contribution in [2.75, 3.05) is 20.7 Å². The van der Waals surface area contributed by atoms with Crippen LogP contribution >= 0.6 is 0 Å². The number of benzene rings is 1. The van der Waals surface area contributed by atoms with Gasteiger partial charge in [0, 0.05) is 18.7 Å². The molecule has 1 aliphatic rings. The first-order chi connectivity index (χ1) is 10.7. The number of nitrogens with one attached hydrogen (secondary N) is 1. The zero-order valence-corrected chi connectivity index (χ0v) is 13.6. The lowest BCUT2D eigenvalue weighted by Gasteiger charge is -2.16. The van der Waals surface area contributed by atoms with Crippen molar-refractivity contribution in [3.05, 3.63) is 23.8 Å². The molecule has 9 heteroatoms. The third-order valence-corrected chi connectivity index (χ3v) is 4.86. The first-order valence-corrected chi connectivity index (χ1v) is 8.40. The van der Waals surface area contributed by atoms with E-state index in [1.54, 1.807) is 0 Å². The smallest absolute Gasteiger partial charge is 0.323 e. The second-order valence-electron chi connectivity index (χ2n) is 5.32. The number of hydrogen-bond acceptors (Lipinski definition) is 5. The minimum atomic E-state index is -3.81. The number of hydrogen-bond donors (Lipinski definition) is 2. The Bertz CT molecular complexity index is 727. The Morgan fingerprint density at radius 1 is 1.39 bits per heavy atom. The van der Waals surface area contributed by atoms with E-state index >= 15 is 0 Å². The largest absolute Gasteiger partial charge is 0.495 e. The molecular weight excluding hydrogens is 324 g/mol. The van der Waals surface area contributed by atoms with E-state index in [0.717, 1.165) is 17.7 Å². The molecule has 0 bridgehead atoms. The lowest BCUT2D eigenvalue weighted by atomic mass is 10.2. The van der Waals surface area contributed by atoms with Crippen LogP contribution in [0.5, 0.6) is 5.75 Å². The number of nitrogens with zero attached hydrogens (tertiary/aromatic N) is 1. The summed E-state index contributed by atoms with van der Waals surface area (Å²) in [5.74, 6) is -1.62. The fraction of sp³-hybridized carbons (Fsp3) is 0.429. The SMILES string of the molecule is COc1ccc(C(=O)N(C)CC(=O)O)cc1S(=O)(=O)NC1CC1. The number of likely N-dealkylation sites (N-methyl/N-ethyl adjacent to an activating group) is 1. The van der Waals surface area contributed by atoms with Crippen LogP contribution in [0.2, 0.25) is 0 Å². The van der Waals surface area contributed by atoms with E-state index in [1.807, 2.05) is 0 Å². The maximum atomic E-state index is 12.4. The highest BCUT2D eigenvalue weighted by molar-refractivity contribution is 7.89. The summed E-state index contributed by atoms with van der Waals surface area (Å²) < 4.78 is 32.3. The average Bonchev–Trinajstić information content (AvgIpc) is 3.28. The molecular formula is C14H18N2O6S. The van der Waals surface area contributed by atoms with Gasteiger partial charge in [0.1, 0.15) is 17.2 Å². The standard InChI is InChI=1S/C14H18N2O6S/c1-16(8-13(17)18)14(19)9-3-6-11(22-2)12(7-9)23(20,21)15-10-4-5-10/h3,6-7,10,15H,4-5,8H2,1-2H3,(H,17,18). The second-order valence-corrected chi connectivity index (χ2v) is 7.00. The van der Waals surface area contributed by atoms with E-state index in [4.69, 9.17) is 9.84 Å². The molecule has 1 saturated carbocycles. The fourth-order valence-corrected chi connectivity index (χ4v) is 3.50. The number of aliphatic carboxylic acids is 1. The Balaban J connectivity index is 2.34. The summed E-state index contributed by atoms with van der Waals surface area (Å²) in [6.07, 6.45) is 1.56. The zero-order chi connectivity index (χ0) is 17.2. The van der Waals surface area contributed by atoms with E-state index in [2.05, 4.69) is 4.72 Å². The van der Waals surface area contributed by atoms with Crippen LogP contribution in [0.25, 0.3) is 0 Å². The fourth-order valence-electron chi connectivity index (χ4n) is 2.00. The highest BCUT2D eigenvalue weighted by Crippen LogP contribution is 2.28. The van der Waals surface area contributed by atoms with E-state index in [1.165, 1.54) is 32.4 Å². The minimum absolute atomic E-state index is 0.0747. The molecule has 2 rings (SSSR count). The third kappa shape index (κ3) is 4.20. The Hall–Kier alpha value is -2.13. The molecule has 1 aromatic rings. The number of carbonyl (C=O) groups excluding carboxylic acids is 1. The number of carboxylic acid groups (broad SMARTS) is 1. The summed E-state index contributed by atoms with van der Waals surface area (Å²) in [5, 5.41) is 8.73. The van der Waals surface area contributed by atoms with E-state index in [9.17, 15) is 18.0 Å². The number of sulfonamides is 1. The first-order valence-electron chi connectivity index (χ1n) is 6.92. The molecule has 1 fully saturated rings. The molecule has 0 radical (unpaired) electrons. The summed E-state index contributed by atoms with van der Waals surface area (Å²) in [6, 6.07) is 3.89. The number of ether oxygens (including phenoxy) is 1.